The quantitative estimate of drug-likeness (QED) is 0.218. The molecule has 1 heterocycles. The molecular formula is C30H29N3O7. The smallest absolute Gasteiger partial charge is 0.303 e. The Kier molecular flexibility index (Phi) is 9.14. The van der Waals surface area contributed by atoms with Crippen LogP contribution in [0, 0.1) is 0 Å². The summed E-state index contributed by atoms with van der Waals surface area (Å²) in [5.41, 5.74) is 3.31. The van der Waals surface area contributed by atoms with Crippen LogP contribution in [0.4, 0.5) is 5.69 Å². The molecule has 0 aliphatic carbocycles. The molecule has 0 bridgehead atoms. The van der Waals surface area contributed by atoms with Gasteiger partial charge in [0.2, 0.25) is 23.9 Å². The molecule has 0 saturated carbocycles. The lowest BCUT2D eigenvalue weighted by Gasteiger charge is -2.25. The van der Waals surface area contributed by atoms with Gasteiger partial charge in [0.25, 0.3) is 0 Å². The number of aliphatic carboxylic acids is 1. The molecule has 0 radical (unpaired) electrons. The van der Waals surface area contributed by atoms with Gasteiger partial charge in [0.1, 0.15) is 6.04 Å². The fraction of sp³-hybridized carbons (Fsp3) is 0.200. The highest BCUT2D eigenvalue weighted by molar-refractivity contribution is 5.78. The van der Waals surface area contributed by atoms with Crippen molar-refractivity contribution in [2.75, 3.05) is 26.2 Å². The van der Waals surface area contributed by atoms with Crippen molar-refractivity contribution in [3.63, 3.8) is 0 Å². The third-order valence-corrected chi connectivity index (χ3v) is 6.20. The topological polar surface area (TPSA) is 124 Å². The average molecular weight is 544 g/mol. The van der Waals surface area contributed by atoms with Gasteiger partial charge in [-0.25, -0.2) is 0 Å². The third kappa shape index (κ3) is 6.47. The van der Waals surface area contributed by atoms with E-state index in [-0.39, 0.29) is 24.6 Å². The number of rotatable bonds is 13. The number of amides is 1. The van der Waals surface area contributed by atoms with Crippen LogP contribution in [0.2, 0.25) is 0 Å². The molecule has 0 aliphatic rings. The molecule has 4 rings (SSSR count). The number of carbonyl (C=O) groups is 2. The molecule has 3 aromatic carbocycles. The number of hydrogen-bond acceptors (Lipinski definition) is 8. The highest BCUT2D eigenvalue weighted by atomic mass is 16.5. The van der Waals surface area contributed by atoms with Crippen molar-refractivity contribution in [1.82, 2.24) is 10.2 Å². The van der Waals surface area contributed by atoms with Gasteiger partial charge in [-0.3, -0.25) is 9.59 Å². The normalized spacial score (nSPS) is 11.7. The molecule has 40 heavy (non-hydrogen) atoms. The molecule has 0 aliphatic heterocycles. The van der Waals surface area contributed by atoms with Gasteiger partial charge in [-0.05, 0) is 53.5 Å². The number of benzene rings is 3. The number of hydrogen-bond donors (Lipinski definition) is 1. The Labute approximate surface area is 231 Å². The van der Waals surface area contributed by atoms with Crippen LogP contribution in [0.5, 0.6) is 17.2 Å². The van der Waals surface area contributed by atoms with Crippen LogP contribution >= 0.6 is 0 Å². The maximum Gasteiger partial charge on any atom is 0.303 e. The van der Waals surface area contributed by atoms with Crippen molar-refractivity contribution in [1.29, 1.82) is 0 Å². The Morgan fingerprint density at radius 3 is 2.15 bits per heavy atom. The van der Waals surface area contributed by atoms with Crippen molar-refractivity contribution in [2.45, 2.75) is 18.9 Å². The molecule has 1 aromatic heterocycles. The first-order valence-corrected chi connectivity index (χ1v) is 12.4. The molecule has 0 spiro atoms. The molecule has 206 valence electrons. The lowest BCUT2D eigenvalue weighted by Crippen LogP contribution is -2.28. The monoisotopic (exact) mass is 543 g/mol. The van der Waals surface area contributed by atoms with Crippen LogP contribution in [0.25, 0.3) is 23.3 Å². The maximum absolute atomic E-state index is 12.3. The van der Waals surface area contributed by atoms with Crippen molar-refractivity contribution >= 4 is 30.2 Å². The van der Waals surface area contributed by atoms with Crippen molar-refractivity contribution in [3.8, 4) is 28.4 Å². The summed E-state index contributed by atoms with van der Waals surface area (Å²) in [6.45, 7) is 0. The van der Waals surface area contributed by atoms with E-state index in [0.29, 0.717) is 29.3 Å². The van der Waals surface area contributed by atoms with Crippen LogP contribution < -0.4 is 19.1 Å². The fourth-order valence-corrected chi connectivity index (χ4v) is 4.23. The van der Waals surface area contributed by atoms with Crippen LogP contribution in [0.3, 0.4) is 0 Å². The van der Waals surface area contributed by atoms with E-state index in [1.54, 1.807) is 36.4 Å². The minimum atomic E-state index is -1.00. The molecule has 10 heteroatoms. The summed E-state index contributed by atoms with van der Waals surface area (Å²) >= 11 is 0. The largest absolute Gasteiger partial charge is 0.493 e. The average Bonchev–Trinajstić information content (AvgIpc) is 3.46. The summed E-state index contributed by atoms with van der Waals surface area (Å²) in [6.07, 6.45) is 3.85. The van der Waals surface area contributed by atoms with Gasteiger partial charge in [-0.15, -0.1) is 10.2 Å². The first kappa shape index (κ1) is 27.9. The fourth-order valence-electron chi connectivity index (χ4n) is 4.23. The summed E-state index contributed by atoms with van der Waals surface area (Å²) < 4.78 is 22.0. The zero-order valence-corrected chi connectivity index (χ0v) is 22.3. The van der Waals surface area contributed by atoms with Gasteiger partial charge in [0.15, 0.2) is 11.5 Å². The third-order valence-electron chi connectivity index (χ3n) is 6.20. The Morgan fingerprint density at radius 2 is 1.57 bits per heavy atom. The Bertz CT molecular complexity index is 1440. The summed E-state index contributed by atoms with van der Waals surface area (Å²) in [5, 5.41) is 17.5. The Morgan fingerprint density at radius 1 is 0.925 bits per heavy atom. The van der Waals surface area contributed by atoms with Crippen molar-refractivity contribution in [3.05, 3.63) is 84.1 Å². The first-order chi connectivity index (χ1) is 19.5. The highest BCUT2D eigenvalue weighted by Gasteiger charge is 2.27. The van der Waals surface area contributed by atoms with Crippen LogP contribution in [-0.4, -0.2) is 49.0 Å². The molecule has 1 amide bonds. The lowest BCUT2D eigenvalue weighted by atomic mass is 10.0. The first-order valence-electron chi connectivity index (χ1n) is 12.4. The number of carbonyl (C=O) groups excluding carboxylic acids is 1. The Balaban J connectivity index is 1.60. The summed E-state index contributed by atoms with van der Waals surface area (Å²) in [5.74, 6) is 0.730. The standard InChI is InChI=1S/C30H29N3O7/c1-37-25-17-20(18-26(38-2)29(25)39-3)9-15-27-31-32-30(40-27)24(14-16-28(35)36)33(19-34)23-12-10-22(11-13-23)21-7-5-4-6-8-21/h4-13,15,17-19,24H,14,16H2,1-3H3,(H,35,36). The second-order valence-corrected chi connectivity index (χ2v) is 8.64. The number of carboxylic acids is 1. The number of nitrogens with zero attached hydrogens (tertiary/aromatic N) is 3. The van der Waals surface area contributed by atoms with E-state index in [1.165, 1.54) is 26.2 Å². The number of aromatic nitrogens is 2. The number of methoxy groups -OCH3 is 3. The summed E-state index contributed by atoms with van der Waals surface area (Å²) in [7, 11) is 4.58. The van der Waals surface area contributed by atoms with E-state index in [9.17, 15) is 14.7 Å². The van der Waals surface area contributed by atoms with E-state index in [0.717, 1.165) is 16.7 Å². The van der Waals surface area contributed by atoms with E-state index >= 15 is 0 Å². The molecule has 4 aromatic rings. The van der Waals surface area contributed by atoms with Crippen LogP contribution in [0.15, 0.2) is 71.1 Å². The number of carboxylic acid groups (broad SMARTS) is 1. The second-order valence-electron chi connectivity index (χ2n) is 8.64. The van der Waals surface area contributed by atoms with E-state index in [4.69, 9.17) is 18.6 Å². The predicted molar refractivity (Wildman–Crippen MR) is 149 cm³/mol. The van der Waals surface area contributed by atoms with Gasteiger partial charge < -0.3 is 28.6 Å². The van der Waals surface area contributed by atoms with E-state index in [1.807, 2.05) is 42.5 Å². The summed E-state index contributed by atoms with van der Waals surface area (Å²) in [6, 6.07) is 20.0. The van der Waals surface area contributed by atoms with Crippen molar-refractivity contribution in [2.24, 2.45) is 0 Å². The maximum atomic E-state index is 12.3. The van der Waals surface area contributed by atoms with Crippen LogP contribution in [-0.2, 0) is 9.59 Å². The minimum absolute atomic E-state index is 0.0761. The lowest BCUT2D eigenvalue weighted by molar-refractivity contribution is -0.137. The van der Waals surface area contributed by atoms with Crippen LogP contribution in [0.1, 0.15) is 36.2 Å². The van der Waals surface area contributed by atoms with Gasteiger partial charge in [-0.2, -0.15) is 0 Å². The molecular weight excluding hydrogens is 514 g/mol. The van der Waals surface area contributed by atoms with Gasteiger partial charge in [-0.1, -0.05) is 42.5 Å². The molecule has 1 unspecified atom stereocenters. The van der Waals surface area contributed by atoms with Gasteiger partial charge in [0.05, 0.1) is 21.3 Å². The Hall–Kier alpha value is -5.12. The second kappa shape index (κ2) is 13.1. The SMILES string of the molecule is COc1cc(C=Cc2nnc(C(CCC(=O)O)N(C=O)c3ccc(-c4ccccc4)cc3)o2)cc(OC)c1OC. The van der Waals surface area contributed by atoms with Gasteiger partial charge >= 0.3 is 5.97 Å². The molecule has 0 fully saturated rings. The van der Waals surface area contributed by atoms with E-state index < -0.39 is 12.0 Å². The highest BCUT2D eigenvalue weighted by Crippen LogP contribution is 2.38. The molecule has 0 saturated heterocycles. The molecule has 1 N–H and O–H groups in total. The number of ether oxygens (including phenoxy) is 3. The zero-order valence-electron chi connectivity index (χ0n) is 22.3. The summed E-state index contributed by atoms with van der Waals surface area (Å²) in [4.78, 5) is 25.0. The molecule has 1 atom stereocenters. The minimum Gasteiger partial charge on any atom is -0.493 e. The molecule has 10 nitrogen and oxygen atoms in total. The van der Waals surface area contributed by atoms with Crippen molar-refractivity contribution < 1.29 is 33.3 Å². The number of anilines is 1. The predicted octanol–water partition coefficient (Wildman–Crippen LogP) is 5.50. The zero-order chi connectivity index (χ0) is 28.5. The van der Waals surface area contributed by atoms with Gasteiger partial charge in [0, 0.05) is 18.2 Å². The van der Waals surface area contributed by atoms with E-state index in [2.05, 4.69) is 10.2 Å².